The molecule has 0 spiro atoms. The van der Waals surface area contributed by atoms with Gasteiger partial charge in [0.25, 0.3) is 0 Å². The van der Waals surface area contributed by atoms with E-state index in [9.17, 15) is 0 Å². The van der Waals surface area contributed by atoms with Crippen molar-refractivity contribution in [2.75, 3.05) is 31.1 Å². The van der Waals surface area contributed by atoms with E-state index in [0.717, 1.165) is 6.54 Å². The molecule has 0 amide bonds. The predicted molar refractivity (Wildman–Crippen MR) is 70.4 cm³/mol. The fourth-order valence-electron chi connectivity index (χ4n) is 2.20. The van der Waals surface area contributed by atoms with E-state index in [1.165, 1.54) is 37.4 Å². The van der Waals surface area contributed by atoms with E-state index in [1.807, 2.05) is 0 Å². The van der Waals surface area contributed by atoms with Crippen LogP contribution < -0.4 is 5.73 Å². The first-order chi connectivity index (χ1) is 7.03. The van der Waals surface area contributed by atoms with E-state index in [1.54, 1.807) is 0 Å². The van der Waals surface area contributed by atoms with Crippen LogP contribution in [0.4, 0.5) is 0 Å². The highest BCUT2D eigenvalue weighted by atomic mass is 32.2. The van der Waals surface area contributed by atoms with Gasteiger partial charge >= 0.3 is 0 Å². The normalized spacial score (nSPS) is 22.4. The Kier molecular flexibility index (Phi) is 5.44. The van der Waals surface area contributed by atoms with Gasteiger partial charge < -0.3 is 5.73 Å². The van der Waals surface area contributed by atoms with Crippen molar-refractivity contribution in [3.05, 3.63) is 0 Å². The summed E-state index contributed by atoms with van der Waals surface area (Å²) < 4.78 is 0. The first-order valence-electron chi connectivity index (χ1n) is 6.05. The lowest BCUT2D eigenvalue weighted by molar-refractivity contribution is 0.163. The standard InChI is InChI=1S/C12H26N2S/c1-12(2,3)9-11(10-13)14-5-4-7-15-8-6-14/h11H,4-10,13H2,1-3H3. The van der Waals surface area contributed by atoms with Crippen LogP contribution in [0.1, 0.15) is 33.6 Å². The number of nitrogens with two attached hydrogens (primary N) is 1. The quantitative estimate of drug-likeness (QED) is 0.806. The van der Waals surface area contributed by atoms with Crippen LogP contribution in [0.15, 0.2) is 0 Å². The molecule has 1 aliphatic heterocycles. The summed E-state index contributed by atoms with van der Waals surface area (Å²) >= 11 is 2.08. The van der Waals surface area contributed by atoms with Crippen LogP contribution in [-0.4, -0.2) is 42.1 Å². The number of hydrogen-bond donors (Lipinski definition) is 1. The Morgan fingerprint density at radius 1 is 1.27 bits per heavy atom. The van der Waals surface area contributed by atoms with Gasteiger partial charge in [-0.1, -0.05) is 20.8 Å². The SMILES string of the molecule is CC(C)(C)CC(CN)N1CCCSCC1. The number of rotatable bonds is 3. The molecular weight excluding hydrogens is 204 g/mol. The third-order valence-electron chi connectivity index (χ3n) is 2.89. The maximum absolute atomic E-state index is 5.91. The van der Waals surface area contributed by atoms with Crippen LogP contribution in [0.2, 0.25) is 0 Å². The zero-order valence-corrected chi connectivity index (χ0v) is 11.3. The molecule has 0 aromatic carbocycles. The van der Waals surface area contributed by atoms with Crippen LogP contribution in [0.5, 0.6) is 0 Å². The molecule has 1 heterocycles. The summed E-state index contributed by atoms with van der Waals surface area (Å²) in [5.74, 6) is 2.60. The molecule has 2 N–H and O–H groups in total. The van der Waals surface area contributed by atoms with Crippen molar-refractivity contribution in [2.24, 2.45) is 11.1 Å². The molecular formula is C12H26N2S. The fraction of sp³-hybridized carbons (Fsp3) is 1.00. The van der Waals surface area contributed by atoms with E-state index < -0.39 is 0 Å². The summed E-state index contributed by atoms with van der Waals surface area (Å²) in [6.07, 6.45) is 2.54. The zero-order chi connectivity index (χ0) is 11.3. The highest BCUT2D eigenvalue weighted by Gasteiger charge is 2.23. The van der Waals surface area contributed by atoms with Gasteiger partial charge in [-0.05, 0) is 30.6 Å². The third-order valence-corrected chi connectivity index (χ3v) is 3.94. The highest BCUT2D eigenvalue weighted by Crippen LogP contribution is 2.24. The highest BCUT2D eigenvalue weighted by molar-refractivity contribution is 7.99. The van der Waals surface area contributed by atoms with Gasteiger partial charge in [0.2, 0.25) is 0 Å². The van der Waals surface area contributed by atoms with E-state index in [4.69, 9.17) is 5.73 Å². The van der Waals surface area contributed by atoms with E-state index >= 15 is 0 Å². The largest absolute Gasteiger partial charge is 0.329 e. The van der Waals surface area contributed by atoms with Crippen molar-refractivity contribution in [1.82, 2.24) is 4.90 Å². The van der Waals surface area contributed by atoms with Crippen LogP contribution in [0.3, 0.4) is 0 Å². The molecule has 1 fully saturated rings. The van der Waals surface area contributed by atoms with Crippen LogP contribution >= 0.6 is 11.8 Å². The number of hydrogen-bond acceptors (Lipinski definition) is 3. The average Bonchev–Trinajstić information content (AvgIpc) is 2.40. The number of thioether (sulfide) groups is 1. The number of nitrogens with zero attached hydrogens (tertiary/aromatic N) is 1. The average molecular weight is 230 g/mol. The van der Waals surface area contributed by atoms with E-state index in [-0.39, 0.29) is 0 Å². The van der Waals surface area contributed by atoms with Crippen LogP contribution in [-0.2, 0) is 0 Å². The summed E-state index contributed by atoms with van der Waals surface area (Å²) in [7, 11) is 0. The van der Waals surface area contributed by atoms with Crippen LogP contribution in [0, 0.1) is 5.41 Å². The summed E-state index contributed by atoms with van der Waals surface area (Å²) in [5.41, 5.74) is 6.31. The second-order valence-electron chi connectivity index (χ2n) is 5.66. The van der Waals surface area contributed by atoms with Crippen LogP contribution in [0.25, 0.3) is 0 Å². The summed E-state index contributed by atoms with van der Waals surface area (Å²) in [4.78, 5) is 2.60. The Labute approximate surface area is 99.0 Å². The molecule has 1 rings (SSSR count). The minimum absolute atomic E-state index is 0.392. The molecule has 1 atom stereocenters. The molecule has 1 aliphatic rings. The molecule has 90 valence electrons. The molecule has 0 saturated carbocycles. The Bertz CT molecular complexity index is 169. The minimum Gasteiger partial charge on any atom is -0.329 e. The molecule has 15 heavy (non-hydrogen) atoms. The predicted octanol–water partition coefficient (Wildman–Crippen LogP) is 2.19. The molecule has 2 nitrogen and oxygen atoms in total. The molecule has 0 aromatic heterocycles. The van der Waals surface area contributed by atoms with Crippen molar-refractivity contribution in [3.8, 4) is 0 Å². The van der Waals surface area contributed by atoms with E-state index in [0.29, 0.717) is 11.5 Å². The summed E-state index contributed by atoms with van der Waals surface area (Å²) in [6.45, 7) is 10.2. The van der Waals surface area contributed by atoms with Gasteiger partial charge in [0, 0.05) is 24.9 Å². The second-order valence-corrected chi connectivity index (χ2v) is 6.88. The molecule has 0 radical (unpaired) electrons. The van der Waals surface area contributed by atoms with Gasteiger partial charge in [-0.2, -0.15) is 11.8 Å². The summed E-state index contributed by atoms with van der Waals surface area (Å²) in [6, 6.07) is 0.587. The maximum Gasteiger partial charge on any atom is 0.0223 e. The topological polar surface area (TPSA) is 29.3 Å². The zero-order valence-electron chi connectivity index (χ0n) is 10.5. The van der Waals surface area contributed by atoms with Crippen molar-refractivity contribution >= 4 is 11.8 Å². The lowest BCUT2D eigenvalue weighted by Gasteiger charge is -2.34. The Balaban J connectivity index is 2.48. The lowest BCUT2D eigenvalue weighted by atomic mass is 9.87. The first-order valence-corrected chi connectivity index (χ1v) is 7.20. The molecule has 1 saturated heterocycles. The smallest absolute Gasteiger partial charge is 0.0223 e. The Morgan fingerprint density at radius 2 is 2.00 bits per heavy atom. The van der Waals surface area contributed by atoms with Gasteiger partial charge in [-0.25, -0.2) is 0 Å². The fourth-order valence-corrected chi connectivity index (χ4v) is 3.10. The molecule has 0 aromatic rings. The summed E-state index contributed by atoms with van der Waals surface area (Å²) in [5, 5.41) is 0. The van der Waals surface area contributed by atoms with Crippen molar-refractivity contribution in [1.29, 1.82) is 0 Å². The molecule has 0 aliphatic carbocycles. The van der Waals surface area contributed by atoms with Gasteiger partial charge in [0.1, 0.15) is 0 Å². The minimum atomic E-state index is 0.392. The molecule has 0 bridgehead atoms. The monoisotopic (exact) mass is 230 g/mol. The van der Waals surface area contributed by atoms with Crippen molar-refractivity contribution in [3.63, 3.8) is 0 Å². The lowest BCUT2D eigenvalue weighted by Crippen LogP contribution is -2.43. The molecule has 3 heteroatoms. The van der Waals surface area contributed by atoms with Gasteiger partial charge in [-0.3, -0.25) is 4.90 Å². The third kappa shape index (κ3) is 5.23. The first kappa shape index (κ1) is 13.3. The van der Waals surface area contributed by atoms with Crippen molar-refractivity contribution < 1.29 is 0 Å². The van der Waals surface area contributed by atoms with Gasteiger partial charge in [0.05, 0.1) is 0 Å². The second kappa shape index (κ2) is 6.12. The van der Waals surface area contributed by atoms with E-state index in [2.05, 4.69) is 37.4 Å². The van der Waals surface area contributed by atoms with Gasteiger partial charge in [-0.15, -0.1) is 0 Å². The Hall–Kier alpha value is 0.270. The maximum atomic E-state index is 5.91. The molecule has 1 unspecified atom stereocenters. The van der Waals surface area contributed by atoms with Crippen molar-refractivity contribution in [2.45, 2.75) is 39.7 Å². The van der Waals surface area contributed by atoms with Gasteiger partial charge in [0.15, 0.2) is 0 Å². The Morgan fingerprint density at radius 3 is 2.60 bits per heavy atom.